The van der Waals surface area contributed by atoms with Gasteiger partial charge in [-0.05, 0) is 23.8 Å². The van der Waals surface area contributed by atoms with E-state index in [0.29, 0.717) is 16.7 Å². The summed E-state index contributed by atoms with van der Waals surface area (Å²) in [7, 11) is 2.67. The molecule has 0 radical (unpaired) electrons. The third-order valence-corrected chi connectivity index (χ3v) is 7.15. The van der Waals surface area contributed by atoms with Gasteiger partial charge in [0.2, 0.25) is 0 Å². The highest BCUT2D eigenvalue weighted by atomic mass is 32.2. The second-order valence-corrected chi connectivity index (χ2v) is 8.70. The summed E-state index contributed by atoms with van der Waals surface area (Å²) in [6, 6.07) is 5.19. The number of hydrogen-bond donors (Lipinski definition) is 2. The van der Waals surface area contributed by atoms with Gasteiger partial charge in [-0.3, -0.25) is 14.4 Å². The van der Waals surface area contributed by atoms with Crippen LogP contribution < -0.4 is 15.7 Å². The molecule has 1 aromatic heterocycles. The van der Waals surface area contributed by atoms with E-state index < -0.39 is 46.5 Å². The summed E-state index contributed by atoms with van der Waals surface area (Å²) in [5.74, 6) is -3.43. The molecule has 0 bridgehead atoms. The first-order chi connectivity index (χ1) is 15.7. The minimum atomic E-state index is -1.28. The van der Waals surface area contributed by atoms with Gasteiger partial charge in [0.1, 0.15) is 22.9 Å². The maximum Gasteiger partial charge on any atom is 0.349 e. The Hall–Kier alpha value is -3.60. The van der Waals surface area contributed by atoms with Crippen LogP contribution >= 0.6 is 11.8 Å². The molecule has 2 aromatic rings. The molecule has 2 N–H and O–H groups in total. The highest BCUT2D eigenvalue weighted by Crippen LogP contribution is 2.46. The number of aliphatic carboxylic acids is 1. The van der Waals surface area contributed by atoms with Crippen LogP contribution in [0, 0.1) is 5.92 Å². The summed E-state index contributed by atoms with van der Waals surface area (Å²) in [5, 5.41) is 12.1. The fourth-order valence-corrected chi connectivity index (χ4v) is 5.52. The molecular formula is C22H19NO9S. The van der Waals surface area contributed by atoms with Gasteiger partial charge in [-0.2, -0.15) is 11.8 Å². The van der Waals surface area contributed by atoms with E-state index in [2.05, 4.69) is 10.1 Å². The average molecular weight is 473 g/mol. The lowest BCUT2D eigenvalue weighted by Gasteiger charge is -2.46. The second kappa shape index (κ2) is 8.74. The van der Waals surface area contributed by atoms with E-state index in [4.69, 9.17) is 9.15 Å². The van der Waals surface area contributed by atoms with Gasteiger partial charge >= 0.3 is 17.6 Å². The molecule has 0 saturated heterocycles. The normalized spacial score (nSPS) is 21.8. The van der Waals surface area contributed by atoms with Crippen LogP contribution in [0.15, 0.2) is 44.6 Å². The zero-order valence-electron chi connectivity index (χ0n) is 17.6. The van der Waals surface area contributed by atoms with E-state index in [9.17, 15) is 29.1 Å². The van der Waals surface area contributed by atoms with Gasteiger partial charge in [0, 0.05) is 28.0 Å². The van der Waals surface area contributed by atoms with Crippen LogP contribution in [0.3, 0.4) is 0 Å². The highest BCUT2D eigenvalue weighted by molar-refractivity contribution is 8.00. The molecule has 1 amide bonds. The molecule has 33 heavy (non-hydrogen) atoms. The van der Waals surface area contributed by atoms with E-state index in [1.165, 1.54) is 38.1 Å². The van der Waals surface area contributed by atoms with E-state index in [1.54, 1.807) is 12.1 Å². The third-order valence-electron chi connectivity index (χ3n) is 5.70. The van der Waals surface area contributed by atoms with Crippen molar-refractivity contribution < 1.29 is 38.2 Å². The molecule has 3 unspecified atom stereocenters. The molecule has 11 heteroatoms. The Kier molecular flexibility index (Phi) is 5.98. The monoisotopic (exact) mass is 473 g/mol. The van der Waals surface area contributed by atoms with Crippen LogP contribution in [-0.2, 0) is 19.1 Å². The molecule has 1 aliphatic carbocycles. The number of hydrogen-bond acceptors (Lipinski definition) is 9. The Morgan fingerprint density at radius 1 is 1.21 bits per heavy atom. The number of carbonyl (C=O) groups is 4. The number of carboxylic acids is 1. The Morgan fingerprint density at radius 3 is 2.64 bits per heavy atom. The number of ketones is 1. The van der Waals surface area contributed by atoms with Crippen LogP contribution in [0.5, 0.6) is 5.75 Å². The number of amides is 1. The molecule has 0 spiro atoms. The first-order valence-electron chi connectivity index (χ1n) is 9.85. The first-order valence-corrected chi connectivity index (χ1v) is 10.9. The number of ether oxygens (including phenoxy) is 2. The van der Waals surface area contributed by atoms with Gasteiger partial charge in [-0.1, -0.05) is 0 Å². The van der Waals surface area contributed by atoms with Crippen molar-refractivity contribution in [2.75, 3.05) is 20.0 Å². The van der Waals surface area contributed by atoms with Crippen LogP contribution in [-0.4, -0.2) is 60.0 Å². The van der Waals surface area contributed by atoms with Crippen LogP contribution in [0.1, 0.15) is 16.8 Å². The Labute approximate surface area is 190 Å². The van der Waals surface area contributed by atoms with Crippen molar-refractivity contribution in [2.45, 2.75) is 17.7 Å². The molecule has 1 fully saturated rings. The van der Waals surface area contributed by atoms with E-state index in [-0.39, 0.29) is 28.9 Å². The maximum absolute atomic E-state index is 12.8. The van der Waals surface area contributed by atoms with Crippen molar-refractivity contribution in [1.29, 1.82) is 0 Å². The average Bonchev–Trinajstić information content (AvgIpc) is 2.80. The Morgan fingerprint density at radius 2 is 1.97 bits per heavy atom. The number of benzene rings is 1. The summed E-state index contributed by atoms with van der Waals surface area (Å²) < 4.78 is 14.9. The van der Waals surface area contributed by atoms with Crippen molar-refractivity contribution in [3.63, 3.8) is 0 Å². The number of methoxy groups -OCH3 is 2. The predicted molar refractivity (Wildman–Crippen MR) is 116 cm³/mol. The first kappa shape index (κ1) is 22.6. The number of carboxylic acid groups (broad SMARTS) is 1. The summed E-state index contributed by atoms with van der Waals surface area (Å²) in [4.78, 5) is 61.3. The Balaban J connectivity index is 1.56. The molecule has 1 aliphatic heterocycles. The molecule has 10 nitrogen and oxygen atoms in total. The van der Waals surface area contributed by atoms with Crippen LogP contribution in [0.4, 0.5) is 0 Å². The molecule has 172 valence electrons. The van der Waals surface area contributed by atoms with Crippen molar-refractivity contribution >= 4 is 46.4 Å². The SMILES string of the molecule is COC(=O)CC1=C(C(=O)O)C2C(=O)C(NC(=O)c3cc4ccc(OC)cc4oc3=O)C2SC1. The fourth-order valence-electron chi connectivity index (χ4n) is 4.01. The van der Waals surface area contributed by atoms with Crippen molar-refractivity contribution in [1.82, 2.24) is 5.32 Å². The minimum absolute atomic E-state index is 0.126. The lowest BCUT2D eigenvalue weighted by molar-refractivity contribution is -0.140. The zero-order chi connectivity index (χ0) is 23.9. The molecule has 2 aliphatic rings. The van der Waals surface area contributed by atoms with E-state index in [0.717, 1.165) is 0 Å². The topological polar surface area (TPSA) is 149 Å². The van der Waals surface area contributed by atoms with Gasteiger partial charge in [0.05, 0.1) is 26.6 Å². The van der Waals surface area contributed by atoms with E-state index >= 15 is 0 Å². The number of rotatable bonds is 6. The summed E-state index contributed by atoms with van der Waals surface area (Å²) in [5.41, 5.74) is -0.708. The lowest BCUT2D eigenvalue weighted by atomic mass is 9.71. The fraction of sp³-hybridized carbons (Fsp3) is 0.318. The van der Waals surface area contributed by atoms with Crippen molar-refractivity contribution in [3.8, 4) is 5.75 Å². The van der Waals surface area contributed by atoms with Crippen molar-refractivity contribution in [3.05, 3.63) is 51.4 Å². The molecule has 4 rings (SSSR count). The largest absolute Gasteiger partial charge is 0.497 e. The number of fused-ring (bicyclic) bond motifs is 2. The van der Waals surface area contributed by atoms with Crippen LogP contribution in [0.2, 0.25) is 0 Å². The van der Waals surface area contributed by atoms with Crippen LogP contribution in [0.25, 0.3) is 11.0 Å². The molecular weight excluding hydrogens is 454 g/mol. The number of carbonyl (C=O) groups excluding carboxylic acids is 3. The van der Waals surface area contributed by atoms with Gasteiger partial charge in [-0.25, -0.2) is 9.59 Å². The number of nitrogens with one attached hydrogen (secondary N) is 1. The number of Topliss-reactive ketones (excluding diaryl/α,β-unsaturated/α-hetero) is 1. The lowest BCUT2D eigenvalue weighted by Crippen LogP contribution is -2.65. The second-order valence-electron chi connectivity index (χ2n) is 7.53. The molecule has 1 saturated carbocycles. The molecule has 3 atom stereocenters. The minimum Gasteiger partial charge on any atom is -0.497 e. The zero-order valence-corrected chi connectivity index (χ0v) is 18.4. The molecule has 1 aromatic carbocycles. The summed E-state index contributed by atoms with van der Waals surface area (Å²) in [6.45, 7) is 0. The van der Waals surface area contributed by atoms with Crippen molar-refractivity contribution in [2.24, 2.45) is 5.92 Å². The van der Waals surface area contributed by atoms with Gasteiger partial charge in [-0.15, -0.1) is 0 Å². The quantitative estimate of drug-likeness (QED) is 0.462. The van der Waals surface area contributed by atoms with Gasteiger partial charge in [0.25, 0.3) is 5.91 Å². The number of thioether (sulfide) groups is 1. The Bertz CT molecular complexity index is 1280. The molecule has 2 heterocycles. The smallest absolute Gasteiger partial charge is 0.349 e. The summed E-state index contributed by atoms with van der Waals surface area (Å²) >= 11 is 1.27. The van der Waals surface area contributed by atoms with E-state index in [1.807, 2.05) is 0 Å². The third kappa shape index (κ3) is 3.99. The maximum atomic E-state index is 12.8. The summed E-state index contributed by atoms with van der Waals surface area (Å²) in [6.07, 6.45) is -0.221. The van der Waals surface area contributed by atoms with Gasteiger partial charge in [0.15, 0.2) is 5.78 Å². The highest BCUT2D eigenvalue weighted by Gasteiger charge is 2.56. The number of esters is 1. The van der Waals surface area contributed by atoms with Gasteiger partial charge < -0.3 is 24.3 Å². The standard InChI is InChI=1S/C22H19NO9S/c1-30-11-4-3-9-5-12(22(29)32-13(9)7-11)20(26)23-17-18(25)16-15(21(27)28)10(6-14(24)31-2)8-33-19(16)17/h3-5,7,16-17,19H,6,8H2,1-2H3,(H,23,26)(H,27,28). The predicted octanol–water partition coefficient (Wildman–Crippen LogP) is 1.16.